The first-order valence-electron chi connectivity index (χ1n) is 8.26. The smallest absolute Gasteiger partial charge is 0.433 e. The Labute approximate surface area is 136 Å². The zero-order valence-corrected chi connectivity index (χ0v) is 13.0. The van der Waals surface area contributed by atoms with Crippen LogP contribution in [-0.4, -0.2) is 34.1 Å². The van der Waals surface area contributed by atoms with Gasteiger partial charge in [0.2, 0.25) is 0 Å². The lowest BCUT2D eigenvalue weighted by molar-refractivity contribution is -0.141. The van der Waals surface area contributed by atoms with Crippen LogP contribution < -0.4 is 4.90 Å². The van der Waals surface area contributed by atoms with Gasteiger partial charge in [0.1, 0.15) is 17.3 Å². The number of carbonyl (C=O) groups is 1. The summed E-state index contributed by atoms with van der Waals surface area (Å²) in [6, 6.07) is 1.03. The van der Waals surface area contributed by atoms with Crippen molar-refractivity contribution in [3.8, 4) is 0 Å². The number of nitrogens with zero attached hydrogens (tertiary/aromatic N) is 3. The summed E-state index contributed by atoms with van der Waals surface area (Å²) in [6.45, 7) is 1.17. The van der Waals surface area contributed by atoms with E-state index in [4.69, 9.17) is 5.11 Å². The number of hydrogen-bond donors (Lipinski definition) is 1. The predicted molar refractivity (Wildman–Crippen MR) is 78.6 cm³/mol. The second-order valence-electron chi connectivity index (χ2n) is 7.09. The Hall–Kier alpha value is -1.86. The van der Waals surface area contributed by atoms with Crippen molar-refractivity contribution in [2.24, 2.45) is 17.8 Å². The van der Waals surface area contributed by atoms with Gasteiger partial charge in [-0.2, -0.15) is 13.2 Å². The molecule has 2 unspecified atom stereocenters. The van der Waals surface area contributed by atoms with Crippen LogP contribution in [0.1, 0.15) is 43.1 Å². The number of aromatic nitrogens is 2. The van der Waals surface area contributed by atoms with Gasteiger partial charge in [-0.25, -0.2) is 9.97 Å². The van der Waals surface area contributed by atoms with Crippen molar-refractivity contribution >= 4 is 11.8 Å². The highest BCUT2D eigenvalue weighted by Gasteiger charge is 2.56. The average Bonchev–Trinajstić information content (AvgIpc) is 2.89. The summed E-state index contributed by atoms with van der Waals surface area (Å²) in [5, 5.41) is 8.86. The highest BCUT2D eigenvalue weighted by Crippen LogP contribution is 2.54. The largest absolute Gasteiger partial charge is 0.481 e. The van der Waals surface area contributed by atoms with Gasteiger partial charge in [0.15, 0.2) is 0 Å². The van der Waals surface area contributed by atoms with Gasteiger partial charge in [-0.15, -0.1) is 0 Å². The van der Waals surface area contributed by atoms with Gasteiger partial charge >= 0.3 is 12.1 Å². The number of rotatable bonds is 4. The van der Waals surface area contributed by atoms with Gasteiger partial charge in [-0.05, 0) is 30.6 Å². The summed E-state index contributed by atoms with van der Waals surface area (Å²) in [7, 11) is 0. The molecule has 2 heterocycles. The van der Waals surface area contributed by atoms with Crippen molar-refractivity contribution in [1.82, 2.24) is 9.97 Å². The lowest BCUT2D eigenvalue weighted by Crippen LogP contribution is -2.27. The number of fused-ring (bicyclic) bond motifs is 1. The summed E-state index contributed by atoms with van der Waals surface area (Å²) in [6.07, 6.45) is -1.65. The maximum Gasteiger partial charge on any atom is 0.433 e. The summed E-state index contributed by atoms with van der Waals surface area (Å²) in [5.41, 5.74) is -0.878. The quantitative estimate of drug-likeness (QED) is 0.912. The topological polar surface area (TPSA) is 66.3 Å². The fourth-order valence-corrected chi connectivity index (χ4v) is 3.95. The summed E-state index contributed by atoms with van der Waals surface area (Å²) >= 11 is 0. The van der Waals surface area contributed by atoms with Gasteiger partial charge in [0, 0.05) is 31.5 Å². The van der Waals surface area contributed by atoms with Gasteiger partial charge < -0.3 is 10.0 Å². The molecule has 0 amide bonds. The number of aliphatic carboxylic acids is 1. The molecular formula is C16H18F3N3O2. The molecule has 3 aliphatic rings. The van der Waals surface area contributed by atoms with Crippen LogP contribution in [0.25, 0.3) is 0 Å². The lowest BCUT2D eigenvalue weighted by atomic mass is 9.85. The third-order valence-electron chi connectivity index (χ3n) is 5.60. The van der Waals surface area contributed by atoms with E-state index in [-0.39, 0.29) is 30.1 Å². The molecule has 4 rings (SSSR count). The van der Waals surface area contributed by atoms with Crippen molar-refractivity contribution in [2.45, 2.75) is 37.8 Å². The molecule has 2 atom stereocenters. The maximum atomic E-state index is 13.1. The van der Waals surface area contributed by atoms with Gasteiger partial charge in [0.05, 0.1) is 0 Å². The average molecular weight is 341 g/mol. The van der Waals surface area contributed by atoms with Crippen molar-refractivity contribution in [3.63, 3.8) is 0 Å². The molecule has 2 aliphatic carbocycles. The SMILES string of the molecule is O=C(O)CC1C2CN(c3cc(C(F)(F)F)nc(C4CCC4)n3)CC12. The van der Waals surface area contributed by atoms with Crippen LogP contribution >= 0.6 is 0 Å². The van der Waals surface area contributed by atoms with Crippen LogP contribution in [0.5, 0.6) is 0 Å². The fourth-order valence-electron chi connectivity index (χ4n) is 3.95. The van der Waals surface area contributed by atoms with Crippen LogP contribution in [0.2, 0.25) is 0 Å². The Bertz CT molecular complexity index is 663. The summed E-state index contributed by atoms with van der Waals surface area (Å²) in [5.74, 6) is 0.538. The number of halogens is 3. The minimum Gasteiger partial charge on any atom is -0.481 e. The summed E-state index contributed by atoms with van der Waals surface area (Å²) < 4.78 is 39.4. The van der Waals surface area contributed by atoms with Crippen LogP contribution in [0.4, 0.5) is 19.0 Å². The standard InChI is InChI=1S/C16H18F3N3O2/c17-16(18,19)12-5-13(21-15(20-12)8-2-1-3-8)22-6-10-9(4-14(23)24)11(10)7-22/h5,8-11H,1-4,6-7H2,(H,23,24). The minimum absolute atomic E-state index is 0.0305. The number of carboxylic acid groups (broad SMARTS) is 1. The monoisotopic (exact) mass is 341 g/mol. The Morgan fingerprint density at radius 1 is 1.25 bits per heavy atom. The zero-order chi connectivity index (χ0) is 17.1. The molecule has 2 saturated carbocycles. The molecule has 0 spiro atoms. The van der Waals surface area contributed by atoms with Crippen LogP contribution in [-0.2, 0) is 11.0 Å². The molecule has 1 N–H and O–H groups in total. The number of carboxylic acids is 1. The minimum atomic E-state index is -4.48. The van der Waals surface area contributed by atoms with E-state index in [1.54, 1.807) is 0 Å². The molecule has 0 aromatic carbocycles. The number of piperidine rings is 1. The second-order valence-corrected chi connectivity index (χ2v) is 7.09. The fraction of sp³-hybridized carbons (Fsp3) is 0.688. The number of hydrogen-bond acceptors (Lipinski definition) is 4. The van der Waals surface area contributed by atoms with E-state index in [0.717, 1.165) is 25.3 Å². The lowest BCUT2D eigenvalue weighted by Gasteiger charge is -2.27. The van der Waals surface area contributed by atoms with Crippen LogP contribution in [0.3, 0.4) is 0 Å². The molecule has 24 heavy (non-hydrogen) atoms. The molecule has 5 nitrogen and oxygen atoms in total. The van der Waals surface area contributed by atoms with Gasteiger partial charge in [-0.1, -0.05) is 6.42 Å². The third-order valence-corrected chi connectivity index (χ3v) is 5.60. The van der Waals surface area contributed by atoms with E-state index < -0.39 is 17.8 Å². The van der Waals surface area contributed by atoms with Crippen molar-refractivity contribution in [3.05, 3.63) is 17.6 Å². The Kier molecular flexibility index (Phi) is 3.47. The van der Waals surface area contributed by atoms with Crippen molar-refractivity contribution in [2.75, 3.05) is 18.0 Å². The molecule has 1 aromatic rings. The van der Waals surface area contributed by atoms with E-state index in [1.165, 1.54) is 0 Å². The maximum absolute atomic E-state index is 13.1. The highest BCUT2D eigenvalue weighted by molar-refractivity contribution is 5.68. The number of anilines is 1. The Morgan fingerprint density at radius 2 is 1.92 bits per heavy atom. The molecule has 1 aromatic heterocycles. The van der Waals surface area contributed by atoms with E-state index in [9.17, 15) is 18.0 Å². The first-order chi connectivity index (χ1) is 11.3. The van der Waals surface area contributed by atoms with Crippen LogP contribution in [0, 0.1) is 17.8 Å². The van der Waals surface area contributed by atoms with Crippen LogP contribution in [0.15, 0.2) is 6.07 Å². The molecule has 8 heteroatoms. The summed E-state index contributed by atoms with van der Waals surface area (Å²) in [4.78, 5) is 20.8. The third kappa shape index (κ3) is 2.71. The Balaban J connectivity index is 1.54. The normalized spacial score (nSPS) is 29.3. The zero-order valence-electron chi connectivity index (χ0n) is 13.0. The number of alkyl halides is 3. The van der Waals surface area contributed by atoms with E-state index in [0.29, 0.717) is 24.7 Å². The molecule has 0 radical (unpaired) electrons. The van der Waals surface area contributed by atoms with E-state index >= 15 is 0 Å². The van der Waals surface area contributed by atoms with E-state index in [1.807, 2.05) is 4.90 Å². The first-order valence-corrected chi connectivity index (χ1v) is 8.26. The van der Waals surface area contributed by atoms with E-state index in [2.05, 4.69) is 9.97 Å². The highest BCUT2D eigenvalue weighted by atomic mass is 19.4. The molecule has 0 bridgehead atoms. The van der Waals surface area contributed by atoms with Gasteiger partial charge in [-0.3, -0.25) is 4.79 Å². The predicted octanol–water partition coefficient (Wildman–Crippen LogP) is 2.92. The Morgan fingerprint density at radius 3 is 2.42 bits per heavy atom. The molecular weight excluding hydrogens is 323 g/mol. The second kappa shape index (κ2) is 5.32. The first kappa shape index (κ1) is 15.7. The van der Waals surface area contributed by atoms with Crippen molar-refractivity contribution < 1.29 is 23.1 Å². The molecule has 1 saturated heterocycles. The molecule has 130 valence electrons. The van der Waals surface area contributed by atoms with Gasteiger partial charge in [0.25, 0.3) is 0 Å². The molecule has 1 aliphatic heterocycles. The molecule has 3 fully saturated rings. The van der Waals surface area contributed by atoms with Crippen molar-refractivity contribution in [1.29, 1.82) is 0 Å².